The van der Waals surface area contributed by atoms with E-state index in [4.69, 9.17) is 26.2 Å². The molecule has 7 rings (SSSR count). The second-order valence-electron chi connectivity index (χ2n) is 15.1. The fourth-order valence-corrected chi connectivity index (χ4v) is 7.13. The maximum Gasteiger partial charge on any atom is 0.320 e. The van der Waals surface area contributed by atoms with Gasteiger partial charge in [-0.1, -0.05) is 56.6 Å². The number of rotatable bonds is 10. The number of anilines is 2. The number of carbonyl (C=O) groups excluding carboxylic acids is 1. The summed E-state index contributed by atoms with van der Waals surface area (Å²) in [7, 11) is 3.98. The third-order valence-electron chi connectivity index (χ3n) is 9.86. The molecule has 2 amide bonds. The Morgan fingerprint density at radius 1 is 1.02 bits per heavy atom. The number of aromatic nitrogens is 5. The van der Waals surface area contributed by atoms with Crippen LogP contribution in [0.4, 0.5) is 16.6 Å². The molecule has 12 nitrogen and oxygen atoms in total. The summed E-state index contributed by atoms with van der Waals surface area (Å²) in [5.74, 6) is 2.70. The molecule has 2 N–H and O–H groups in total. The number of fused-ring (bicyclic) bond motifs is 2. The lowest BCUT2D eigenvalue weighted by Gasteiger charge is -2.32. The van der Waals surface area contributed by atoms with Crippen molar-refractivity contribution in [2.75, 3.05) is 44.0 Å². The second kappa shape index (κ2) is 14.7. The van der Waals surface area contributed by atoms with E-state index in [0.717, 1.165) is 72.2 Å². The van der Waals surface area contributed by atoms with E-state index in [1.807, 2.05) is 72.1 Å². The SMILES string of the molecule is C[C@H]1CCCN1c1nnc2ccc(O[C@@H]3CC[C@H](NC(=O)Nc4cc(C(C)(C)C)nn4-c4ccc(Cl)c(OCCN(C)C)c4)c4ccccc43)cn12. The molecule has 0 spiro atoms. The first-order valence-electron chi connectivity index (χ1n) is 18.1. The zero-order valence-electron chi connectivity index (χ0n) is 30.8. The Morgan fingerprint density at radius 3 is 2.58 bits per heavy atom. The average Bonchev–Trinajstić information content (AvgIpc) is 3.84. The summed E-state index contributed by atoms with van der Waals surface area (Å²) in [6.45, 7) is 10.7. The van der Waals surface area contributed by atoms with Crippen LogP contribution in [-0.2, 0) is 5.41 Å². The van der Waals surface area contributed by atoms with E-state index >= 15 is 0 Å². The summed E-state index contributed by atoms with van der Waals surface area (Å²) in [5, 5.41) is 20.6. The molecule has 1 saturated heterocycles. The van der Waals surface area contributed by atoms with Crippen molar-refractivity contribution in [3.8, 4) is 17.2 Å². The predicted molar refractivity (Wildman–Crippen MR) is 204 cm³/mol. The molecule has 5 aromatic rings. The number of benzene rings is 2. The van der Waals surface area contributed by atoms with Gasteiger partial charge < -0.3 is 24.6 Å². The van der Waals surface area contributed by atoms with Crippen LogP contribution >= 0.6 is 11.6 Å². The molecule has 3 atom stereocenters. The van der Waals surface area contributed by atoms with Gasteiger partial charge in [0.25, 0.3) is 0 Å². The number of hydrogen-bond donors (Lipinski definition) is 2. The van der Waals surface area contributed by atoms with Gasteiger partial charge in [-0.15, -0.1) is 10.2 Å². The van der Waals surface area contributed by atoms with E-state index in [1.165, 1.54) is 0 Å². The first kappa shape index (κ1) is 35.6. The Balaban J connectivity index is 1.08. The van der Waals surface area contributed by atoms with Gasteiger partial charge in [0.1, 0.15) is 30.0 Å². The number of amides is 2. The van der Waals surface area contributed by atoms with Crippen LogP contribution in [0.3, 0.4) is 0 Å². The van der Waals surface area contributed by atoms with Crippen molar-refractivity contribution in [3.05, 3.63) is 88.7 Å². The first-order valence-corrected chi connectivity index (χ1v) is 18.4. The van der Waals surface area contributed by atoms with Crippen LogP contribution in [-0.4, -0.2) is 75.1 Å². The predicted octanol–water partition coefficient (Wildman–Crippen LogP) is 7.57. The molecule has 1 fully saturated rings. The molecule has 4 heterocycles. The molecular weight excluding hydrogens is 678 g/mol. The minimum Gasteiger partial charge on any atom is -0.491 e. The van der Waals surface area contributed by atoms with Crippen molar-refractivity contribution in [1.29, 1.82) is 0 Å². The molecular formula is C39H48ClN9O3. The van der Waals surface area contributed by atoms with E-state index in [1.54, 1.807) is 10.7 Å². The highest BCUT2D eigenvalue weighted by Gasteiger charge is 2.31. The largest absolute Gasteiger partial charge is 0.491 e. The molecule has 2 aromatic carbocycles. The molecule has 274 valence electrons. The monoisotopic (exact) mass is 725 g/mol. The highest BCUT2D eigenvalue weighted by molar-refractivity contribution is 6.32. The fraction of sp³-hybridized carbons (Fsp3) is 0.436. The number of halogens is 1. The van der Waals surface area contributed by atoms with Crippen LogP contribution in [0.15, 0.2) is 66.9 Å². The Bertz CT molecular complexity index is 2050. The number of carbonyl (C=O) groups is 1. The summed E-state index contributed by atoms with van der Waals surface area (Å²) >= 11 is 6.50. The Kier molecular flexibility index (Phi) is 10.0. The van der Waals surface area contributed by atoms with E-state index in [2.05, 4.69) is 65.6 Å². The van der Waals surface area contributed by atoms with E-state index in [0.29, 0.717) is 35.7 Å². The molecule has 3 aromatic heterocycles. The average molecular weight is 726 g/mol. The Labute approximate surface area is 310 Å². The highest BCUT2D eigenvalue weighted by atomic mass is 35.5. The highest BCUT2D eigenvalue weighted by Crippen LogP contribution is 2.39. The quantitative estimate of drug-likeness (QED) is 0.152. The van der Waals surface area contributed by atoms with Crippen LogP contribution in [0.5, 0.6) is 11.5 Å². The first-order chi connectivity index (χ1) is 24.9. The summed E-state index contributed by atoms with van der Waals surface area (Å²) < 4.78 is 16.4. The van der Waals surface area contributed by atoms with Gasteiger partial charge in [0.05, 0.1) is 28.6 Å². The third-order valence-corrected chi connectivity index (χ3v) is 10.2. The molecule has 1 aliphatic carbocycles. The summed E-state index contributed by atoms with van der Waals surface area (Å²) in [5.41, 5.74) is 4.19. The standard InChI is InChI=1S/C39H48ClN9O3/c1-25-10-9-19-47(25)38-44-43-35-18-14-27(24-48(35)38)52-32-17-16-31(28-11-7-8-12-29(28)32)41-37(50)42-36-23-34(39(2,3)4)45-49(36)26-13-15-30(40)33(22-26)51-21-20-46(5)6/h7-8,11-15,18,22-25,31-32H,9-10,16-17,19-21H2,1-6H3,(H2,41,42,50)/t25-,31-,32+/m0/s1. The maximum absolute atomic E-state index is 13.7. The van der Waals surface area contributed by atoms with Crippen molar-refractivity contribution in [1.82, 2.24) is 34.6 Å². The number of nitrogens with one attached hydrogen (secondary N) is 2. The van der Waals surface area contributed by atoms with Crippen molar-refractivity contribution >= 4 is 35.0 Å². The van der Waals surface area contributed by atoms with Crippen molar-refractivity contribution in [2.45, 2.75) is 77.0 Å². The Hall–Kier alpha value is -4.81. The van der Waals surface area contributed by atoms with E-state index < -0.39 is 0 Å². The van der Waals surface area contributed by atoms with Crippen LogP contribution < -0.4 is 25.0 Å². The molecule has 13 heteroatoms. The smallest absolute Gasteiger partial charge is 0.320 e. The van der Waals surface area contributed by atoms with Gasteiger partial charge in [0, 0.05) is 36.7 Å². The number of likely N-dealkylation sites (N-methyl/N-ethyl adjacent to an activating group) is 1. The molecule has 0 radical (unpaired) electrons. The topological polar surface area (TPSA) is 114 Å². The van der Waals surface area contributed by atoms with Crippen LogP contribution in [0.25, 0.3) is 11.3 Å². The number of ether oxygens (including phenoxy) is 2. The lowest BCUT2D eigenvalue weighted by atomic mass is 9.85. The maximum atomic E-state index is 13.7. The minimum absolute atomic E-state index is 0.171. The zero-order chi connectivity index (χ0) is 36.6. The number of pyridine rings is 1. The lowest BCUT2D eigenvalue weighted by Crippen LogP contribution is -2.36. The second-order valence-corrected chi connectivity index (χ2v) is 15.5. The summed E-state index contributed by atoms with van der Waals surface area (Å²) in [6.07, 6.45) is 5.55. The molecule has 0 bridgehead atoms. The van der Waals surface area contributed by atoms with Crippen molar-refractivity contribution < 1.29 is 14.3 Å². The Morgan fingerprint density at radius 2 is 1.83 bits per heavy atom. The van der Waals surface area contributed by atoms with Crippen LogP contribution in [0.1, 0.15) is 82.3 Å². The third kappa shape index (κ3) is 7.54. The van der Waals surface area contributed by atoms with Gasteiger partial charge in [-0.25, -0.2) is 9.48 Å². The molecule has 52 heavy (non-hydrogen) atoms. The van der Waals surface area contributed by atoms with Crippen molar-refractivity contribution in [3.63, 3.8) is 0 Å². The lowest BCUT2D eigenvalue weighted by molar-refractivity contribution is 0.171. The zero-order valence-corrected chi connectivity index (χ0v) is 31.5. The summed E-state index contributed by atoms with van der Waals surface area (Å²) in [4.78, 5) is 18.1. The van der Waals surface area contributed by atoms with E-state index in [-0.39, 0.29) is 23.6 Å². The van der Waals surface area contributed by atoms with Gasteiger partial charge in [-0.3, -0.25) is 9.72 Å². The molecule has 1 aliphatic heterocycles. The van der Waals surface area contributed by atoms with Crippen molar-refractivity contribution in [2.24, 2.45) is 0 Å². The summed E-state index contributed by atoms with van der Waals surface area (Å²) in [6, 6.07) is 19.4. The normalized spacial score (nSPS) is 18.8. The fourth-order valence-electron chi connectivity index (χ4n) is 6.96. The van der Waals surface area contributed by atoms with Gasteiger partial charge >= 0.3 is 6.03 Å². The number of nitrogens with zero attached hydrogens (tertiary/aromatic N) is 7. The van der Waals surface area contributed by atoms with Gasteiger partial charge in [-0.2, -0.15) is 5.10 Å². The van der Waals surface area contributed by atoms with Crippen LogP contribution in [0.2, 0.25) is 5.02 Å². The van der Waals surface area contributed by atoms with E-state index in [9.17, 15) is 4.79 Å². The van der Waals surface area contributed by atoms with Gasteiger partial charge in [0.2, 0.25) is 5.95 Å². The minimum atomic E-state index is -0.320. The molecule has 2 aliphatic rings. The number of hydrogen-bond acceptors (Lipinski definition) is 8. The molecule has 0 unspecified atom stereocenters. The number of urea groups is 1. The van der Waals surface area contributed by atoms with Gasteiger partial charge in [-0.05, 0) is 82.1 Å². The molecule has 0 saturated carbocycles. The van der Waals surface area contributed by atoms with Crippen LogP contribution in [0, 0.1) is 0 Å². The van der Waals surface area contributed by atoms with Gasteiger partial charge in [0.15, 0.2) is 5.65 Å².